The SMILES string of the molecule is O=[N+]([O-])c1c(NCCc2ccccc2)ncnc1Nc1cc(Cl)cc(Cl)c1. The van der Waals surface area contributed by atoms with E-state index in [9.17, 15) is 10.1 Å². The van der Waals surface area contributed by atoms with Crippen LogP contribution in [-0.4, -0.2) is 21.4 Å². The van der Waals surface area contributed by atoms with Crippen LogP contribution >= 0.6 is 23.2 Å². The molecule has 7 nitrogen and oxygen atoms in total. The molecular weight excluding hydrogens is 389 g/mol. The maximum Gasteiger partial charge on any atom is 0.353 e. The van der Waals surface area contributed by atoms with E-state index < -0.39 is 4.92 Å². The molecule has 0 amide bonds. The lowest BCUT2D eigenvalue weighted by atomic mass is 10.1. The molecule has 3 aromatic rings. The van der Waals surface area contributed by atoms with E-state index in [-0.39, 0.29) is 17.3 Å². The Morgan fingerprint density at radius 2 is 1.67 bits per heavy atom. The lowest BCUT2D eigenvalue weighted by Gasteiger charge is -2.10. The Balaban J connectivity index is 1.80. The van der Waals surface area contributed by atoms with Crippen LogP contribution in [0.1, 0.15) is 5.56 Å². The van der Waals surface area contributed by atoms with E-state index in [1.54, 1.807) is 18.2 Å². The second-order valence-electron chi connectivity index (χ2n) is 5.62. The van der Waals surface area contributed by atoms with Crippen molar-refractivity contribution < 1.29 is 4.92 Å². The molecule has 0 saturated carbocycles. The van der Waals surface area contributed by atoms with Crippen LogP contribution in [0, 0.1) is 10.1 Å². The molecule has 0 aliphatic heterocycles. The van der Waals surface area contributed by atoms with Crippen molar-refractivity contribution in [2.75, 3.05) is 17.2 Å². The van der Waals surface area contributed by atoms with Gasteiger partial charge >= 0.3 is 5.69 Å². The largest absolute Gasteiger partial charge is 0.364 e. The highest BCUT2D eigenvalue weighted by molar-refractivity contribution is 6.35. The van der Waals surface area contributed by atoms with Gasteiger partial charge in [-0.3, -0.25) is 10.1 Å². The summed E-state index contributed by atoms with van der Waals surface area (Å²) in [5.41, 5.74) is 1.36. The summed E-state index contributed by atoms with van der Waals surface area (Å²) >= 11 is 11.9. The van der Waals surface area contributed by atoms with Gasteiger partial charge in [0.2, 0.25) is 11.6 Å². The molecule has 0 bridgehead atoms. The van der Waals surface area contributed by atoms with Crippen molar-refractivity contribution >= 4 is 46.2 Å². The van der Waals surface area contributed by atoms with Crippen LogP contribution in [0.2, 0.25) is 10.0 Å². The molecule has 0 unspecified atom stereocenters. The summed E-state index contributed by atoms with van der Waals surface area (Å²) in [6.45, 7) is 0.490. The van der Waals surface area contributed by atoms with Gasteiger partial charge in [0.05, 0.1) is 4.92 Å². The Morgan fingerprint density at radius 3 is 2.33 bits per heavy atom. The number of hydrogen-bond donors (Lipinski definition) is 2. The Kier molecular flexibility index (Phi) is 6.05. The molecular formula is C18H15Cl2N5O2. The molecule has 2 N–H and O–H groups in total. The summed E-state index contributed by atoms with van der Waals surface area (Å²) < 4.78 is 0. The summed E-state index contributed by atoms with van der Waals surface area (Å²) in [7, 11) is 0. The number of benzene rings is 2. The number of halogens is 2. The highest BCUT2D eigenvalue weighted by atomic mass is 35.5. The Hall–Kier alpha value is -2.90. The number of nitro groups is 1. The van der Waals surface area contributed by atoms with Gasteiger partial charge in [-0.1, -0.05) is 53.5 Å². The predicted molar refractivity (Wildman–Crippen MR) is 107 cm³/mol. The smallest absolute Gasteiger partial charge is 0.353 e. The number of aromatic nitrogens is 2. The highest BCUT2D eigenvalue weighted by Gasteiger charge is 2.23. The van der Waals surface area contributed by atoms with Gasteiger partial charge in [0.25, 0.3) is 0 Å². The van der Waals surface area contributed by atoms with Gasteiger partial charge in [0, 0.05) is 22.3 Å². The minimum Gasteiger partial charge on any atom is -0.364 e. The normalized spacial score (nSPS) is 10.4. The molecule has 9 heteroatoms. The van der Waals surface area contributed by atoms with Gasteiger partial charge in [-0.05, 0) is 30.2 Å². The molecule has 2 aromatic carbocycles. The van der Waals surface area contributed by atoms with Crippen molar-refractivity contribution in [3.05, 3.63) is 80.6 Å². The fourth-order valence-electron chi connectivity index (χ4n) is 2.51. The number of nitrogens with zero attached hydrogens (tertiary/aromatic N) is 3. The Bertz CT molecular complexity index is 933. The molecule has 0 aliphatic rings. The average molecular weight is 404 g/mol. The van der Waals surface area contributed by atoms with E-state index in [1.807, 2.05) is 30.3 Å². The topological polar surface area (TPSA) is 93.0 Å². The zero-order valence-corrected chi connectivity index (χ0v) is 15.5. The summed E-state index contributed by atoms with van der Waals surface area (Å²) in [6.07, 6.45) is 1.96. The standard InChI is InChI=1S/C18H15Cl2N5O2/c19-13-8-14(20)10-15(9-13)24-18-16(25(26)27)17(22-11-23-18)21-7-6-12-4-2-1-3-5-12/h1-5,8-11H,6-7H2,(H2,21,22,23,24). The van der Waals surface area contributed by atoms with Crippen molar-refractivity contribution in [1.82, 2.24) is 9.97 Å². The summed E-state index contributed by atoms with van der Waals surface area (Å²) in [6, 6.07) is 14.6. The molecule has 0 fully saturated rings. The molecule has 0 aliphatic carbocycles. The molecule has 27 heavy (non-hydrogen) atoms. The minimum absolute atomic E-state index is 0.0514. The fourth-order valence-corrected chi connectivity index (χ4v) is 3.03. The van der Waals surface area contributed by atoms with Gasteiger partial charge in [0.1, 0.15) is 6.33 Å². The molecule has 1 aromatic heterocycles. The number of nitrogens with one attached hydrogen (secondary N) is 2. The average Bonchev–Trinajstić information content (AvgIpc) is 2.61. The maximum absolute atomic E-state index is 11.6. The number of hydrogen-bond acceptors (Lipinski definition) is 6. The number of rotatable bonds is 7. The van der Waals surface area contributed by atoms with Gasteiger partial charge in [-0.25, -0.2) is 9.97 Å². The van der Waals surface area contributed by atoms with Crippen LogP contribution in [0.3, 0.4) is 0 Å². The molecule has 3 rings (SSSR count). The third-order valence-electron chi connectivity index (χ3n) is 3.68. The second-order valence-corrected chi connectivity index (χ2v) is 6.49. The summed E-state index contributed by atoms with van der Waals surface area (Å²) in [4.78, 5) is 19.1. The fraction of sp³-hybridized carbons (Fsp3) is 0.111. The van der Waals surface area contributed by atoms with Crippen molar-refractivity contribution in [2.45, 2.75) is 6.42 Å². The van der Waals surface area contributed by atoms with Gasteiger partial charge in [0.15, 0.2) is 0 Å². The summed E-state index contributed by atoms with van der Waals surface area (Å²) in [5.74, 6) is 0.192. The van der Waals surface area contributed by atoms with E-state index >= 15 is 0 Å². The van der Waals surface area contributed by atoms with Gasteiger partial charge in [-0.2, -0.15) is 0 Å². The second kappa shape index (κ2) is 8.66. The van der Waals surface area contributed by atoms with Crippen molar-refractivity contribution in [1.29, 1.82) is 0 Å². The van der Waals surface area contributed by atoms with Crippen LogP contribution < -0.4 is 10.6 Å². The first-order valence-electron chi connectivity index (χ1n) is 8.03. The van der Waals surface area contributed by atoms with Crippen molar-refractivity contribution in [3.8, 4) is 0 Å². The van der Waals surface area contributed by atoms with E-state index in [2.05, 4.69) is 20.6 Å². The third-order valence-corrected chi connectivity index (χ3v) is 4.12. The maximum atomic E-state index is 11.6. The molecule has 138 valence electrons. The van der Waals surface area contributed by atoms with Gasteiger partial charge < -0.3 is 10.6 Å². The molecule has 0 atom stereocenters. The lowest BCUT2D eigenvalue weighted by molar-refractivity contribution is -0.383. The van der Waals surface area contributed by atoms with E-state index in [0.29, 0.717) is 28.7 Å². The Labute approximate surface area is 165 Å². The molecule has 0 saturated heterocycles. The first-order valence-corrected chi connectivity index (χ1v) is 8.79. The van der Waals surface area contributed by atoms with Crippen LogP contribution in [0.15, 0.2) is 54.9 Å². The minimum atomic E-state index is -0.528. The highest BCUT2D eigenvalue weighted by Crippen LogP contribution is 2.32. The molecule has 0 spiro atoms. The van der Waals surface area contributed by atoms with Crippen LogP contribution in [0.25, 0.3) is 0 Å². The number of anilines is 3. The van der Waals surface area contributed by atoms with Crippen molar-refractivity contribution in [3.63, 3.8) is 0 Å². The van der Waals surface area contributed by atoms with Crippen LogP contribution in [-0.2, 0) is 6.42 Å². The quantitative estimate of drug-likeness (QED) is 0.421. The summed E-state index contributed by atoms with van der Waals surface area (Å²) in [5, 5.41) is 18.3. The van der Waals surface area contributed by atoms with E-state index in [1.165, 1.54) is 6.33 Å². The zero-order valence-electron chi connectivity index (χ0n) is 14.0. The van der Waals surface area contributed by atoms with Gasteiger partial charge in [-0.15, -0.1) is 0 Å². The zero-order chi connectivity index (χ0) is 19.2. The lowest BCUT2D eigenvalue weighted by Crippen LogP contribution is -2.10. The predicted octanol–water partition coefficient (Wildman–Crippen LogP) is 5.09. The van der Waals surface area contributed by atoms with E-state index in [4.69, 9.17) is 23.2 Å². The molecule has 0 radical (unpaired) electrons. The Morgan fingerprint density at radius 1 is 1.00 bits per heavy atom. The molecule has 1 heterocycles. The first kappa shape index (κ1) is 18.9. The monoisotopic (exact) mass is 403 g/mol. The van der Waals surface area contributed by atoms with Crippen molar-refractivity contribution in [2.24, 2.45) is 0 Å². The third kappa shape index (κ3) is 5.06. The van der Waals surface area contributed by atoms with Crippen LogP contribution in [0.5, 0.6) is 0 Å². The van der Waals surface area contributed by atoms with Crippen LogP contribution in [0.4, 0.5) is 23.0 Å². The first-order chi connectivity index (χ1) is 13.0. The van der Waals surface area contributed by atoms with E-state index in [0.717, 1.165) is 5.56 Å².